The zero-order valence-corrected chi connectivity index (χ0v) is 16.1. The van der Waals surface area contributed by atoms with Gasteiger partial charge in [-0.1, -0.05) is 0 Å². The van der Waals surface area contributed by atoms with E-state index in [4.69, 9.17) is 4.74 Å². The Morgan fingerprint density at radius 1 is 1.07 bits per heavy atom. The van der Waals surface area contributed by atoms with Crippen molar-refractivity contribution < 1.29 is 9.53 Å². The molecule has 0 aromatic carbocycles. The molecule has 1 atom stereocenters. The summed E-state index contributed by atoms with van der Waals surface area (Å²) < 4.78 is 5.74. The van der Waals surface area contributed by atoms with Gasteiger partial charge >= 0.3 is 6.03 Å². The minimum absolute atomic E-state index is 0.0990. The number of piperazine rings is 1. The van der Waals surface area contributed by atoms with Gasteiger partial charge in [0.1, 0.15) is 0 Å². The summed E-state index contributed by atoms with van der Waals surface area (Å²) >= 11 is 0. The van der Waals surface area contributed by atoms with Gasteiger partial charge in [-0.3, -0.25) is 4.98 Å². The number of carbonyl (C=O) groups excluding carboxylic acids is 1. The number of carbonyl (C=O) groups is 1. The van der Waals surface area contributed by atoms with Crippen molar-refractivity contribution in [3.05, 3.63) is 24.5 Å². The molecule has 4 heterocycles. The lowest BCUT2D eigenvalue weighted by Gasteiger charge is -2.38. The molecular weight excluding hydrogens is 342 g/mol. The molecule has 1 aromatic rings. The Morgan fingerprint density at radius 2 is 1.81 bits per heavy atom. The number of anilines is 1. The molecule has 148 valence electrons. The second-order valence-electron chi connectivity index (χ2n) is 7.84. The zero-order valence-electron chi connectivity index (χ0n) is 16.1. The fraction of sp³-hybridized carbons (Fsp3) is 0.700. The second-order valence-corrected chi connectivity index (χ2v) is 7.84. The molecule has 7 heteroatoms. The number of nitrogens with zero attached hydrogens (tertiary/aromatic N) is 4. The smallest absolute Gasteiger partial charge is 0.317 e. The molecule has 3 aliphatic rings. The van der Waals surface area contributed by atoms with Crippen LogP contribution in [0.2, 0.25) is 0 Å². The highest BCUT2D eigenvalue weighted by atomic mass is 16.5. The predicted octanol–water partition coefficient (Wildman–Crippen LogP) is 1.56. The van der Waals surface area contributed by atoms with Gasteiger partial charge in [0.2, 0.25) is 0 Å². The number of nitrogens with one attached hydrogen (secondary N) is 1. The van der Waals surface area contributed by atoms with E-state index < -0.39 is 0 Å². The van der Waals surface area contributed by atoms with E-state index in [9.17, 15) is 4.79 Å². The molecule has 7 nitrogen and oxygen atoms in total. The summed E-state index contributed by atoms with van der Waals surface area (Å²) in [5, 5.41) is 3.26. The Balaban J connectivity index is 1.17. The van der Waals surface area contributed by atoms with Crippen molar-refractivity contribution in [1.82, 2.24) is 20.1 Å². The zero-order chi connectivity index (χ0) is 18.5. The van der Waals surface area contributed by atoms with Crippen molar-refractivity contribution in [3.63, 3.8) is 0 Å². The molecule has 0 saturated carbocycles. The first kappa shape index (κ1) is 18.5. The molecule has 3 aliphatic heterocycles. The quantitative estimate of drug-likeness (QED) is 0.868. The van der Waals surface area contributed by atoms with Gasteiger partial charge in [0.05, 0.1) is 6.10 Å². The maximum Gasteiger partial charge on any atom is 0.317 e. The molecule has 1 aromatic heterocycles. The summed E-state index contributed by atoms with van der Waals surface area (Å²) in [5.41, 5.74) is 1.18. The first-order valence-electron chi connectivity index (χ1n) is 10.3. The van der Waals surface area contributed by atoms with Crippen LogP contribution in [0.1, 0.15) is 25.7 Å². The maximum atomic E-state index is 12.6. The number of hydrogen-bond donors (Lipinski definition) is 1. The van der Waals surface area contributed by atoms with Gasteiger partial charge in [-0.15, -0.1) is 0 Å². The highest BCUT2D eigenvalue weighted by molar-refractivity contribution is 5.75. The molecular formula is C20H31N5O2. The lowest BCUT2D eigenvalue weighted by molar-refractivity contribution is 0.0628. The molecule has 0 radical (unpaired) electrons. The molecule has 0 unspecified atom stereocenters. The number of amides is 2. The SMILES string of the molecule is O=C(NC1CCN(C[C@@H]2CCCO2)CC1)N1CCN(c2ccncc2)CC1. The van der Waals surface area contributed by atoms with Crippen molar-refractivity contribution >= 4 is 11.7 Å². The summed E-state index contributed by atoms with van der Waals surface area (Å²) in [4.78, 5) is 23.5. The van der Waals surface area contributed by atoms with Crippen molar-refractivity contribution in [1.29, 1.82) is 0 Å². The molecule has 0 bridgehead atoms. The van der Waals surface area contributed by atoms with Gasteiger partial charge in [0.15, 0.2) is 0 Å². The first-order chi connectivity index (χ1) is 13.3. The Labute approximate surface area is 161 Å². The minimum Gasteiger partial charge on any atom is -0.377 e. The molecule has 3 fully saturated rings. The lowest BCUT2D eigenvalue weighted by atomic mass is 10.0. The number of likely N-dealkylation sites (tertiary alicyclic amines) is 1. The number of hydrogen-bond acceptors (Lipinski definition) is 5. The third-order valence-corrected chi connectivity index (χ3v) is 6.00. The van der Waals surface area contributed by atoms with Crippen LogP contribution in [0.25, 0.3) is 0 Å². The molecule has 3 saturated heterocycles. The van der Waals surface area contributed by atoms with Crippen LogP contribution in [0.15, 0.2) is 24.5 Å². The van der Waals surface area contributed by atoms with Crippen molar-refractivity contribution in [3.8, 4) is 0 Å². The normalized spacial score (nSPS) is 25.0. The summed E-state index contributed by atoms with van der Waals surface area (Å²) in [5.74, 6) is 0. The maximum absolute atomic E-state index is 12.6. The van der Waals surface area contributed by atoms with Gasteiger partial charge in [-0.25, -0.2) is 4.79 Å². The van der Waals surface area contributed by atoms with E-state index in [0.717, 1.165) is 65.3 Å². The van der Waals surface area contributed by atoms with E-state index >= 15 is 0 Å². The third-order valence-electron chi connectivity index (χ3n) is 6.00. The van der Waals surface area contributed by atoms with Crippen LogP contribution in [0.5, 0.6) is 0 Å². The summed E-state index contributed by atoms with van der Waals surface area (Å²) in [6.07, 6.45) is 8.53. The fourth-order valence-corrected chi connectivity index (χ4v) is 4.32. The minimum atomic E-state index is 0.0990. The number of aromatic nitrogens is 1. The number of rotatable bonds is 4. The van der Waals surface area contributed by atoms with E-state index in [-0.39, 0.29) is 6.03 Å². The van der Waals surface area contributed by atoms with Crippen molar-refractivity contribution in [2.24, 2.45) is 0 Å². The molecule has 0 aliphatic carbocycles. The highest BCUT2D eigenvalue weighted by Gasteiger charge is 2.27. The molecule has 1 N–H and O–H groups in total. The van der Waals surface area contributed by atoms with Crippen LogP contribution in [-0.4, -0.2) is 85.4 Å². The van der Waals surface area contributed by atoms with Crippen LogP contribution in [0.3, 0.4) is 0 Å². The molecule has 2 amide bonds. The Hall–Kier alpha value is -1.86. The molecule has 0 spiro atoms. The number of piperidine rings is 1. The molecule has 27 heavy (non-hydrogen) atoms. The number of pyridine rings is 1. The fourth-order valence-electron chi connectivity index (χ4n) is 4.32. The Kier molecular flexibility index (Phi) is 6.09. The average Bonchev–Trinajstić information content (AvgIpc) is 3.23. The summed E-state index contributed by atoms with van der Waals surface area (Å²) in [7, 11) is 0. The number of ether oxygens (including phenoxy) is 1. The van der Waals surface area contributed by atoms with Gasteiger partial charge in [0, 0.05) is 76.5 Å². The van der Waals surface area contributed by atoms with Gasteiger partial charge in [-0.2, -0.15) is 0 Å². The van der Waals surface area contributed by atoms with Crippen LogP contribution < -0.4 is 10.2 Å². The van der Waals surface area contributed by atoms with E-state index in [1.54, 1.807) is 0 Å². The first-order valence-corrected chi connectivity index (χ1v) is 10.3. The van der Waals surface area contributed by atoms with Crippen molar-refractivity contribution in [2.75, 3.05) is 57.3 Å². The summed E-state index contributed by atoms with van der Waals surface area (Å²) in [6, 6.07) is 4.46. The van der Waals surface area contributed by atoms with E-state index in [1.165, 1.54) is 18.5 Å². The Bertz CT molecular complexity index is 592. The lowest BCUT2D eigenvalue weighted by Crippen LogP contribution is -2.55. The second kappa shape index (κ2) is 8.89. The van der Waals surface area contributed by atoms with Gasteiger partial charge in [-0.05, 0) is 37.8 Å². The summed E-state index contributed by atoms with van der Waals surface area (Å²) in [6.45, 7) is 7.37. The monoisotopic (exact) mass is 373 g/mol. The van der Waals surface area contributed by atoms with Gasteiger partial charge in [0.25, 0.3) is 0 Å². The van der Waals surface area contributed by atoms with E-state index in [0.29, 0.717) is 12.1 Å². The van der Waals surface area contributed by atoms with Crippen LogP contribution >= 0.6 is 0 Å². The Morgan fingerprint density at radius 3 is 2.48 bits per heavy atom. The average molecular weight is 374 g/mol. The van der Waals surface area contributed by atoms with Crippen LogP contribution in [-0.2, 0) is 4.74 Å². The van der Waals surface area contributed by atoms with Crippen LogP contribution in [0.4, 0.5) is 10.5 Å². The third kappa shape index (κ3) is 4.90. The van der Waals surface area contributed by atoms with E-state index in [1.807, 2.05) is 29.4 Å². The molecule has 4 rings (SSSR count). The van der Waals surface area contributed by atoms with Crippen LogP contribution in [0, 0.1) is 0 Å². The topological polar surface area (TPSA) is 60.9 Å². The standard InChI is InChI=1S/C20H31N5O2/c26-20(25-13-11-24(12-14-25)18-3-7-21-8-4-18)22-17-5-9-23(10-6-17)16-19-2-1-15-27-19/h3-4,7-8,17,19H,1-2,5-6,9-16H2,(H,22,26)/t19-/m0/s1. The largest absolute Gasteiger partial charge is 0.377 e. The predicted molar refractivity (Wildman–Crippen MR) is 105 cm³/mol. The van der Waals surface area contributed by atoms with Gasteiger partial charge < -0.3 is 24.8 Å². The number of urea groups is 1. The highest BCUT2D eigenvalue weighted by Crippen LogP contribution is 2.18. The van der Waals surface area contributed by atoms with Crippen molar-refractivity contribution in [2.45, 2.75) is 37.8 Å². The van der Waals surface area contributed by atoms with E-state index in [2.05, 4.69) is 20.1 Å².